The summed E-state index contributed by atoms with van der Waals surface area (Å²) >= 11 is 1.57. The van der Waals surface area contributed by atoms with E-state index in [2.05, 4.69) is 20.9 Å². The smallest absolute Gasteiger partial charge is 0.407 e. The standard InChI is InChI=1S/C39H61N5O11S/c1-27-33(56-26-42-27)29-10-8-28(9-11-29)23-41-35(47)31-22-30(45)24-44(31)36(48)34(38(2,3)4)43-32(46)25-54-21-20-53-19-18-52-17-16-51-15-14-50-13-12-40-37(49)55-39(5,6)7/h8-11,26,30-31,34,45H,12-25H2,1-7H3,(H,40,49)(H,41,47)(H,43,46). The summed E-state index contributed by atoms with van der Waals surface area (Å²) in [6, 6.07) is 6.01. The maximum atomic E-state index is 13.8. The van der Waals surface area contributed by atoms with E-state index in [-0.39, 0.29) is 45.2 Å². The molecule has 3 rings (SSSR count). The minimum Gasteiger partial charge on any atom is -0.444 e. The molecule has 1 aliphatic rings. The van der Waals surface area contributed by atoms with Gasteiger partial charge in [0.2, 0.25) is 17.7 Å². The molecule has 4 amide bonds. The zero-order chi connectivity index (χ0) is 41.1. The summed E-state index contributed by atoms with van der Waals surface area (Å²) in [5.41, 5.74) is 3.48. The third kappa shape index (κ3) is 17.2. The molecule has 314 valence electrons. The number of hydrogen-bond donors (Lipinski definition) is 4. The molecule has 3 atom stereocenters. The number of aromatic nitrogens is 1. The number of benzene rings is 1. The van der Waals surface area contributed by atoms with Gasteiger partial charge in [-0.2, -0.15) is 0 Å². The van der Waals surface area contributed by atoms with E-state index in [9.17, 15) is 24.3 Å². The van der Waals surface area contributed by atoms with Crippen molar-refractivity contribution in [1.29, 1.82) is 0 Å². The van der Waals surface area contributed by atoms with E-state index in [1.165, 1.54) is 4.90 Å². The van der Waals surface area contributed by atoms with Crippen LogP contribution < -0.4 is 16.0 Å². The van der Waals surface area contributed by atoms with Crippen molar-refractivity contribution in [3.63, 3.8) is 0 Å². The van der Waals surface area contributed by atoms with E-state index in [0.29, 0.717) is 52.8 Å². The second kappa shape index (κ2) is 23.5. The number of ether oxygens (including phenoxy) is 6. The first kappa shape index (κ1) is 46.7. The number of alkyl carbamates (subject to hydrolysis) is 1. The van der Waals surface area contributed by atoms with Crippen LogP contribution in [-0.4, -0.2) is 142 Å². The van der Waals surface area contributed by atoms with Crippen molar-refractivity contribution in [3.8, 4) is 10.4 Å². The third-order valence-electron chi connectivity index (χ3n) is 8.35. The van der Waals surface area contributed by atoms with Gasteiger partial charge in [-0.1, -0.05) is 45.0 Å². The van der Waals surface area contributed by atoms with Crippen molar-refractivity contribution < 1.29 is 52.7 Å². The Kier molecular flexibility index (Phi) is 19.6. The van der Waals surface area contributed by atoms with Crippen LogP contribution >= 0.6 is 11.3 Å². The maximum Gasteiger partial charge on any atom is 0.407 e. The van der Waals surface area contributed by atoms with Crippen LogP contribution in [-0.2, 0) is 49.3 Å². The third-order valence-corrected chi connectivity index (χ3v) is 9.32. The van der Waals surface area contributed by atoms with E-state index in [1.54, 1.807) is 32.1 Å². The van der Waals surface area contributed by atoms with Gasteiger partial charge in [0, 0.05) is 26.1 Å². The van der Waals surface area contributed by atoms with Gasteiger partial charge in [-0.05, 0) is 44.2 Å². The molecule has 1 saturated heterocycles. The minimum absolute atomic E-state index is 0.0141. The predicted molar refractivity (Wildman–Crippen MR) is 210 cm³/mol. The Balaban J connectivity index is 1.27. The molecule has 0 saturated carbocycles. The number of hydrogen-bond acceptors (Lipinski definition) is 13. The molecule has 56 heavy (non-hydrogen) atoms. The summed E-state index contributed by atoms with van der Waals surface area (Å²) in [4.78, 5) is 58.3. The second-order valence-corrected chi connectivity index (χ2v) is 16.2. The first-order chi connectivity index (χ1) is 26.5. The van der Waals surface area contributed by atoms with Gasteiger partial charge in [0.25, 0.3) is 0 Å². The van der Waals surface area contributed by atoms with Crippen molar-refractivity contribution >= 4 is 35.2 Å². The Hall–Kier alpha value is -3.71. The highest BCUT2D eigenvalue weighted by Crippen LogP contribution is 2.28. The minimum atomic E-state index is -0.958. The zero-order valence-corrected chi connectivity index (χ0v) is 34.7. The number of aryl methyl sites for hydroxylation is 1. The molecule has 0 radical (unpaired) electrons. The monoisotopic (exact) mass is 807 g/mol. The molecule has 0 aliphatic carbocycles. The highest BCUT2D eigenvalue weighted by Gasteiger charge is 2.44. The summed E-state index contributed by atoms with van der Waals surface area (Å²) in [5, 5.41) is 18.8. The van der Waals surface area contributed by atoms with E-state index < -0.39 is 47.1 Å². The molecule has 16 nitrogen and oxygen atoms in total. The number of carbonyl (C=O) groups is 4. The number of thiazole rings is 1. The Labute approximate surface area is 334 Å². The molecule has 1 fully saturated rings. The van der Waals surface area contributed by atoms with Crippen LogP contribution in [0.2, 0.25) is 0 Å². The fraction of sp³-hybridized carbons (Fsp3) is 0.667. The quantitative estimate of drug-likeness (QED) is 0.120. The summed E-state index contributed by atoms with van der Waals surface area (Å²) in [6.45, 7) is 16.1. The Bertz CT molecular complexity index is 1510. The fourth-order valence-corrected chi connectivity index (χ4v) is 6.38. The fourth-order valence-electron chi connectivity index (χ4n) is 5.57. The van der Waals surface area contributed by atoms with Gasteiger partial charge in [-0.3, -0.25) is 14.4 Å². The molecule has 1 aliphatic heterocycles. The maximum absolute atomic E-state index is 13.8. The number of aliphatic hydroxyl groups excluding tert-OH is 1. The molecule has 0 spiro atoms. The lowest BCUT2D eigenvalue weighted by Crippen LogP contribution is -2.58. The average molecular weight is 808 g/mol. The number of nitrogens with zero attached hydrogens (tertiary/aromatic N) is 2. The van der Waals surface area contributed by atoms with Crippen molar-refractivity contribution in [2.75, 3.05) is 79.2 Å². The molecular formula is C39H61N5O11S. The van der Waals surface area contributed by atoms with Crippen LogP contribution in [0.4, 0.5) is 4.79 Å². The number of β-amino-alcohol motifs (C(OH)–C–C–N with tert-alkyl or cyclic N) is 1. The van der Waals surface area contributed by atoms with Gasteiger partial charge < -0.3 is 54.4 Å². The SMILES string of the molecule is Cc1ncsc1-c1ccc(CNC(=O)C2CC(O)CN2C(=O)C(NC(=O)COCCOCCOCCOCCOCCNC(=O)OC(C)(C)C)C(C)(C)C)cc1. The van der Waals surface area contributed by atoms with E-state index in [4.69, 9.17) is 28.4 Å². The molecule has 2 heterocycles. The van der Waals surface area contributed by atoms with Crippen molar-refractivity contribution in [1.82, 2.24) is 25.8 Å². The number of carbonyl (C=O) groups excluding carboxylic acids is 4. The lowest BCUT2D eigenvalue weighted by Gasteiger charge is -2.35. The van der Waals surface area contributed by atoms with Gasteiger partial charge in [-0.15, -0.1) is 11.3 Å². The summed E-state index contributed by atoms with van der Waals surface area (Å²) < 4.78 is 32.4. The number of nitrogens with one attached hydrogen (secondary N) is 3. The van der Waals surface area contributed by atoms with Crippen LogP contribution in [0.1, 0.15) is 59.2 Å². The van der Waals surface area contributed by atoms with E-state index >= 15 is 0 Å². The average Bonchev–Trinajstić information content (AvgIpc) is 3.74. The Morgan fingerprint density at radius 2 is 1.43 bits per heavy atom. The molecule has 1 aromatic heterocycles. The van der Waals surface area contributed by atoms with Crippen molar-refractivity contribution in [2.24, 2.45) is 5.41 Å². The topological polar surface area (TPSA) is 196 Å². The molecule has 4 N–H and O–H groups in total. The molecule has 2 aromatic rings. The number of amides is 4. The molecule has 0 bridgehead atoms. The summed E-state index contributed by atoms with van der Waals surface area (Å²) in [7, 11) is 0. The van der Waals surface area contributed by atoms with Gasteiger partial charge in [-0.25, -0.2) is 9.78 Å². The Morgan fingerprint density at radius 3 is 1.96 bits per heavy atom. The molecular weight excluding hydrogens is 747 g/mol. The summed E-state index contributed by atoms with van der Waals surface area (Å²) in [5.74, 6) is -1.30. The number of likely N-dealkylation sites (tertiary alicyclic amines) is 1. The predicted octanol–water partition coefficient (Wildman–Crippen LogP) is 2.84. The highest BCUT2D eigenvalue weighted by atomic mass is 32.1. The molecule has 3 unspecified atom stereocenters. The first-order valence-electron chi connectivity index (χ1n) is 19.0. The van der Waals surface area contributed by atoms with Crippen molar-refractivity contribution in [2.45, 2.75) is 85.2 Å². The summed E-state index contributed by atoms with van der Waals surface area (Å²) in [6.07, 6.45) is -1.25. The van der Waals surface area contributed by atoms with E-state index in [0.717, 1.165) is 21.7 Å². The van der Waals surface area contributed by atoms with Crippen LogP contribution in [0.25, 0.3) is 10.4 Å². The van der Waals surface area contributed by atoms with E-state index in [1.807, 2.05) is 57.5 Å². The zero-order valence-electron chi connectivity index (χ0n) is 33.9. The van der Waals surface area contributed by atoms with Crippen LogP contribution in [0.15, 0.2) is 29.8 Å². The molecule has 1 aromatic carbocycles. The lowest BCUT2D eigenvalue weighted by atomic mass is 9.85. The van der Waals surface area contributed by atoms with Gasteiger partial charge in [0.1, 0.15) is 24.3 Å². The van der Waals surface area contributed by atoms with Crippen LogP contribution in [0.3, 0.4) is 0 Å². The number of aliphatic hydroxyl groups is 1. The lowest BCUT2D eigenvalue weighted by molar-refractivity contribution is -0.144. The number of rotatable bonds is 23. The van der Waals surface area contributed by atoms with Crippen LogP contribution in [0.5, 0.6) is 0 Å². The normalized spacial score (nSPS) is 16.4. The highest BCUT2D eigenvalue weighted by molar-refractivity contribution is 7.13. The van der Waals surface area contributed by atoms with Crippen LogP contribution in [0, 0.1) is 12.3 Å². The van der Waals surface area contributed by atoms with Gasteiger partial charge in [0.05, 0.1) is 81.6 Å². The second-order valence-electron chi connectivity index (χ2n) is 15.4. The van der Waals surface area contributed by atoms with Crippen molar-refractivity contribution in [3.05, 3.63) is 41.0 Å². The largest absolute Gasteiger partial charge is 0.444 e. The van der Waals surface area contributed by atoms with Gasteiger partial charge >= 0.3 is 6.09 Å². The first-order valence-corrected chi connectivity index (χ1v) is 19.8. The van der Waals surface area contributed by atoms with Gasteiger partial charge in [0.15, 0.2) is 0 Å². The molecule has 17 heteroatoms. The Morgan fingerprint density at radius 1 is 0.857 bits per heavy atom.